The third-order valence-corrected chi connectivity index (χ3v) is 3.01. The van der Waals surface area contributed by atoms with E-state index in [2.05, 4.69) is 36.1 Å². The maximum Gasteiger partial charge on any atom is 0.138 e. The van der Waals surface area contributed by atoms with Gasteiger partial charge in [0.25, 0.3) is 0 Å². The highest BCUT2D eigenvalue weighted by Crippen LogP contribution is 2.21. The quantitative estimate of drug-likeness (QED) is 0.856. The number of nitrogen functional groups attached to an aromatic ring is 1. The third kappa shape index (κ3) is 3.32. The zero-order valence-electron chi connectivity index (χ0n) is 11.4. The van der Waals surface area contributed by atoms with E-state index in [4.69, 9.17) is 10.5 Å². The van der Waals surface area contributed by atoms with Gasteiger partial charge in [0, 0.05) is 30.6 Å². The molecule has 0 saturated carbocycles. The second-order valence-corrected chi connectivity index (χ2v) is 5.86. The van der Waals surface area contributed by atoms with Gasteiger partial charge in [-0.3, -0.25) is 0 Å². The van der Waals surface area contributed by atoms with E-state index >= 15 is 0 Å². The summed E-state index contributed by atoms with van der Waals surface area (Å²) in [5.41, 5.74) is 5.73. The summed E-state index contributed by atoms with van der Waals surface area (Å²) in [7, 11) is 0. The summed E-state index contributed by atoms with van der Waals surface area (Å²) in [6, 6.07) is 1.78. The Hall–Kier alpha value is -1.36. The van der Waals surface area contributed by atoms with Gasteiger partial charge in [-0.15, -0.1) is 0 Å². The molecule has 0 amide bonds. The van der Waals surface area contributed by atoms with Crippen LogP contribution in [0.4, 0.5) is 11.6 Å². The van der Waals surface area contributed by atoms with Gasteiger partial charge >= 0.3 is 0 Å². The first-order chi connectivity index (χ1) is 8.45. The minimum atomic E-state index is -0.0950. The lowest BCUT2D eigenvalue weighted by Gasteiger charge is -2.18. The predicted molar refractivity (Wildman–Crippen MR) is 72.6 cm³/mol. The number of anilines is 2. The molecule has 0 bridgehead atoms. The molecule has 1 aliphatic heterocycles. The van der Waals surface area contributed by atoms with Gasteiger partial charge in [0.2, 0.25) is 0 Å². The molecule has 2 rings (SSSR count). The van der Waals surface area contributed by atoms with Crippen molar-refractivity contribution in [1.82, 2.24) is 9.97 Å². The summed E-state index contributed by atoms with van der Waals surface area (Å²) in [5, 5.41) is 3.33. The molecule has 1 aromatic rings. The Morgan fingerprint density at radius 3 is 2.83 bits per heavy atom. The van der Waals surface area contributed by atoms with Crippen LogP contribution in [0.2, 0.25) is 0 Å². The van der Waals surface area contributed by atoms with Crippen molar-refractivity contribution in [2.24, 2.45) is 5.92 Å². The molecule has 100 valence electrons. The van der Waals surface area contributed by atoms with Gasteiger partial charge in [-0.25, -0.2) is 9.97 Å². The van der Waals surface area contributed by atoms with Crippen molar-refractivity contribution in [3.8, 4) is 0 Å². The van der Waals surface area contributed by atoms with Crippen LogP contribution in [0, 0.1) is 5.92 Å². The van der Waals surface area contributed by atoms with E-state index in [1.165, 1.54) is 0 Å². The Morgan fingerprint density at radius 1 is 1.44 bits per heavy atom. The molecule has 2 heterocycles. The molecule has 18 heavy (non-hydrogen) atoms. The van der Waals surface area contributed by atoms with Crippen LogP contribution in [0.25, 0.3) is 0 Å². The lowest BCUT2D eigenvalue weighted by Crippen LogP contribution is -2.20. The molecule has 1 aliphatic rings. The fraction of sp³-hybridized carbons (Fsp3) is 0.692. The second kappa shape index (κ2) is 5.10. The van der Waals surface area contributed by atoms with Gasteiger partial charge in [0.15, 0.2) is 0 Å². The Bertz CT molecular complexity index is 408. The minimum absolute atomic E-state index is 0.0950. The molecule has 1 fully saturated rings. The first kappa shape index (κ1) is 13.1. The highest BCUT2D eigenvalue weighted by molar-refractivity contribution is 5.45. The molecule has 1 saturated heterocycles. The number of nitrogens with two attached hydrogens (primary N) is 1. The predicted octanol–water partition coefficient (Wildman–Crippen LogP) is 1.80. The molecule has 1 atom stereocenters. The minimum Gasteiger partial charge on any atom is -0.384 e. The number of ether oxygens (including phenoxy) is 1. The monoisotopic (exact) mass is 250 g/mol. The lowest BCUT2D eigenvalue weighted by molar-refractivity contribution is 0.187. The number of aromatic nitrogens is 2. The van der Waals surface area contributed by atoms with Gasteiger partial charge in [0.05, 0.1) is 6.61 Å². The number of nitrogens with one attached hydrogen (secondary N) is 1. The fourth-order valence-electron chi connectivity index (χ4n) is 1.89. The maximum atomic E-state index is 5.82. The van der Waals surface area contributed by atoms with E-state index in [0.29, 0.717) is 11.7 Å². The molecular formula is C13H22N4O. The van der Waals surface area contributed by atoms with Crippen LogP contribution in [-0.4, -0.2) is 29.7 Å². The van der Waals surface area contributed by atoms with Crippen molar-refractivity contribution >= 4 is 11.6 Å². The Labute approximate surface area is 108 Å². The summed E-state index contributed by atoms with van der Waals surface area (Å²) < 4.78 is 5.35. The van der Waals surface area contributed by atoms with Crippen molar-refractivity contribution in [2.45, 2.75) is 32.6 Å². The number of rotatable bonds is 3. The highest BCUT2D eigenvalue weighted by Gasteiger charge is 2.19. The van der Waals surface area contributed by atoms with Crippen LogP contribution in [0.1, 0.15) is 33.0 Å². The zero-order chi connectivity index (χ0) is 13.2. The van der Waals surface area contributed by atoms with Crippen LogP contribution in [0.3, 0.4) is 0 Å². The van der Waals surface area contributed by atoms with Crippen molar-refractivity contribution in [3.05, 3.63) is 11.9 Å². The topological polar surface area (TPSA) is 73.1 Å². The van der Waals surface area contributed by atoms with E-state index in [1.807, 2.05) is 0 Å². The number of hydrogen-bond donors (Lipinski definition) is 2. The molecule has 1 aromatic heterocycles. The molecular weight excluding hydrogens is 228 g/mol. The van der Waals surface area contributed by atoms with Crippen molar-refractivity contribution in [1.29, 1.82) is 0 Å². The third-order valence-electron chi connectivity index (χ3n) is 3.01. The van der Waals surface area contributed by atoms with Crippen molar-refractivity contribution in [3.63, 3.8) is 0 Å². The number of nitrogens with zero attached hydrogens (tertiary/aromatic N) is 2. The largest absolute Gasteiger partial charge is 0.384 e. The normalized spacial score (nSPS) is 20.1. The molecule has 5 nitrogen and oxygen atoms in total. The average Bonchev–Trinajstić information content (AvgIpc) is 2.77. The Balaban J connectivity index is 2.05. The van der Waals surface area contributed by atoms with Crippen molar-refractivity contribution < 1.29 is 4.74 Å². The summed E-state index contributed by atoms with van der Waals surface area (Å²) >= 11 is 0. The van der Waals surface area contributed by atoms with Gasteiger partial charge in [-0.2, -0.15) is 0 Å². The van der Waals surface area contributed by atoms with Crippen LogP contribution in [0.15, 0.2) is 6.07 Å². The van der Waals surface area contributed by atoms with Crippen LogP contribution in [0.5, 0.6) is 0 Å². The molecule has 1 unspecified atom stereocenters. The molecule has 0 aliphatic carbocycles. The first-order valence-electron chi connectivity index (χ1n) is 6.42. The van der Waals surface area contributed by atoms with E-state index in [1.54, 1.807) is 6.07 Å². The smallest absolute Gasteiger partial charge is 0.138 e. The molecule has 0 radical (unpaired) electrons. The molecule has 0 spiro atoms. The second-order valence-electron chi connectivity index (χ2n) is 5.86. The molecule has 5 heteroatoms. The number of hydrogen-bond acceptors (Lipinski definition) is 5. The molecule has 3 N–H and O–H groups in total. The lowest BCUT2D eigenvalue weighted by atomic mass is 9.96. The fourth-order valence-corrected chi connectivity index (χ4v) is 1.89. The van der Waals surface area contributed by atoms with Gasteiger partial charge in [0.1, 0.15) is 17.5 Å². The van der Waals surface area contributed by atoms with E-state index in [-0.39, 0.29) is 5.41 Å². The zero-order valence-corrected chi connectivity index (χ0v) is 11.4. The SMILES string of the molecule is CC(C)(C)c1nc(N)cc(NCC2CCOC2)n1. The summed E-state index contributed by atoms with van der Waals surface area (Å²) in [6.45, 7) is 8.81. The summed E-state index contributed by atoms with van der Waals surface area (Å²) in [6.07, 6.45) is 1.11. The van der Waals surface area contributed by atoms with Crippen LogP contribution in [-0.2, 0) is 10.2 Å². The Kier molecular flexibility index (Phi) is 3.71. The first-order valence-corrected chi connectivity index (χ1v) is 6.42. The summed E-state index contributed by atoms with van der Waals surface area (Å²) in [4.78, 5) is 8.81. The van der Waals surface area contributed by atoms with Gasteiger partial charge < -0.3 is 15.8 Å². The average molecular weight is 250 g/mol. The van der Waals surface area contributed by atoms with Crippen LogP contribution >= 0.6 is 0 Å². The molecule has 0 aromatic carbocycles. The van der Waals surface area contributed by atoms with Crippen molar-refractivity contribution in [2.75, 3.05) is 30.8 Å². The van der Waals surface area contributed by atoms with Gasteiger partial charge in [-0.1, -0.05) is 20.8 Å². The van der Waals surface area contributed by atoms with E-state index < -0.39 is 0 Å². The highest BCUT2D eigenvalue weighted by atomic mass is 16.5. The maximum absolute atomic E-state index is 5.82. The summed E-state index contributed by atoms with van der Waals surface area (Å²) in [5.74, 6) is 2.66. The van der Waals surface area contributed by atoms with E-state index in [9.17, 15) is 0 Å². The van der Waals surface area contributed by atoms with Gasteiger partial charge in [-0.05, 0) is 6.42 Å². The van der Waals surface area contributed by atoms with E-state index in [0.717, 1.165) is 37.8 Å². The van der Waals surface area contributed by atoms with Crippen LogP contribution < -0.4 is 11.1 Å². The standard InChI is InChI=1S/C13H22N4O/c1-13(2,3)12-16-10(14)6-11(17-12)15-7-9-4-5-18-8-9/h6,9H,4-5,7-8H2,1-3H3,(H3,14,15,16,17). The Morgan fingerprint density at radius 2 is 2.22 bits per heavy atom.